The van der Waals surface area contributed by atoms with Crippen LogP contribution in [-0.4, -0.2) is 80.9 Å². The van der Waals surface area contributed by atoms with Crippen molar-refractivity contribution >= 4 is 80.9 Å². The predicted octanol–water partition coefficient (Wildman–Crippen LogP) is -4.72. The average molecular weight is 742 g/mol. The van der Waals surface area contributed by atoms with E-state index in [1.54, 1.807) is 45.0 Å². The molecule has 0 spiro atoms. The second-order valence-electron chi connectivity index (χ2n) is 7.00. The number of hydrogen-bond donors (Lipinski definition) is 0. The summed E-state index contributed by atoms with van der Waals surface area (Å²) in [6.45, 7) is 8.77. The third-order valence-electron chi connectivity index (χ3n) is 3.99. The maximum absolute atomic E-state index is 9.84. The molecule has 0 aliphatic heterocycles. The van der Waals surface area contributed by atoms with E-state index in [2.05, 4.69) is 13.8 Å². The third kappa shape index (κ3) is 34.4. The van der Waals surface area contributed by atoms with Crippen LogP contribution in [0.3, 0.4) is 0 Å². The first-order valence-corrected chi connectivity index (χ1v) is 15.7. The predicted molar refractivity (Wildman–Crippen MR) is 122 cm³/mol. The minimum absolute atomic E-state index is 0.00463. The summed E-state index contributed by atoms with van der Waals surface area (Å²) in [5, 5.41) is 59.0. The monoisotopic (exact) mass is 744 g/mol. The van der Waals surface area contributed by atoms with Crippen LogP contribution < -0.4 is 30.6 Å². The molecular weight excluding hydrogens is 706 g/mol. The van der Waals surface area contributed by atoms with Gasteiger partial charge in [0.1, 0.15) is 0 Å². The molecule has 208 valence electrons. The Morgan fingerprint density at radius 2 is 0.622 bits per heavy atom. The van der Waals surface area contributed by atoms with Crippen LogP contribution in [0.2, 0.25) is 8.87 Å². The second-order valence-corrected chi connectivity index (χ2v) is 9.86. The van der Waals surface area contributed by atoms with Gasteiger partial charge < -0.3 is 59.4 Å². The van der Waals surface area contributed by atoms with E-state index >= 15 is 0 Å². The molecule has 0 amide bonds. The van der Waals surface area contributed by atoms with Crippen molar-refractivity contribution in [3.8, 4) is 0 Å². The Balaban J connectivity index is -0.000000118. The van der Waals surface area contributed by atoms with Crippen LogP contribution in [0.1, 0.15) is 79.6 Å². The molecule has 14 heteroatoms. The fourth-order valence-corrected chi connectivity index (χ4v) is 3.66. The first kappa shape index (κ1) is 45.3. The van der Waals surface area contributed by atoms with Crippen molar-refractivity contribution in [3.63, 3.8) is 0 Å². The van der Waals surface area contributed by atoms with Crippen molar-refractivity contribution in [1.82, 2.24) is 0 Å². The molecule has 0 bridgehead atoms. The summed E-state index contributed by atoms with van der Waals surface area (Å²) in [6, 6.07) is 0. The molecule has 0 saturated carbocycles. The number of hydrogen-bond acceptors (Lipinski definition) is 12. The topological polar surface area (TPSA) is 241 Å². The van der Waals surface area contributed by atoms with Crippen LogP contribution in [-0.2, 0) is 28.8 Å². The Kier molecular flexibility index (Phi) is 39.8. The average Bonchev–Trinajstić information content (AvgIpc) is 2.76. The van der Waals surface area contributed by atoms with Crippen LogP contribution in [0.15, 0.2) is 0 Å². The Morgan fingerprint density at radius 3 is 0.622 bits per heavy atom. The van der Waals surface area contributed by atoms with Gasteiger partial charge in [-0.05, 0) is 19.3 Å². The molecule has 0 radical (unpaired) electrons. The molecule has 0 fully saturated rings. The van der Waals surface area contributed by atoms with E-state index in [1.807, 2.05) is 0 Å². The van der Waals surface area contributed by atoms with Crippen LogP contribution in [0.5, 0.6) is 0 Å². The summed E-state index contributed by atoms with van der Waals surface area (Å²) in [5.74, 6) is -13.9. The van der Waals surface area contributed by atoms with Gasteiger partial charge in [0.05, 0.1) is 35.8 Å². The van der Waals surface area contributed by atoms with Crippen LogP contribution in [0.4, 0.5) is 0 Å². The normalized spacial score (nSPS) is 9.30. The van der Waals surface area contributed by atoms with Crippen LogP contribution in [0.25, 0.3) is 0 Å². The number of carbonyl (C=O) groups excluding carboxylic acids is 6. The van der Waals surface area contributed by atoms with Gasteiger partial charge in [-0.2, -0.15) is 0 Å². The SMILES string of the molecule is CCC(C(=O)[O-])C(=O)[O-].CCC(C(=O)[O-])C(=O)[O-].CCC(C(=O)[O-])C(=O)[O-].CCC[CH2][Sn+3].CCC[CH2][Sn+3]. The number of carbonyl (C=O) groups is 6. The van der Waals surface area contributed by atoms with Crippen molar-refractivity contribution in [3.05, 3.63) is 0 Å². The Hall–Kier alpha value is -1.58. The summed E-state index contributed by atoms with van der Waals surface area (Å²) < 4.78 is 2.87. The van der Waals surface area contributed by atoms with Gasteiger partial charge in [0.25, 0.3) is 0 Å². The van der Waals surface area contributed by atoms with E-state index < -0.39 is 53.6 Å². The molecule has 0 heterocycles. The van der Waals surface area contributed by atoms with E-state index in [1.165, 1.54) is 55.3 Å². The van der Waals surface area contributed by atoms with E-state index in [0.29, 0.717) is 0 Å². The van der Waals surface area contributed by atoms with Gasteiger partial charge in [-0.15, -0.1) is 0 Å². The summed E-state index contributed by atoms with van der Waals surface area (Å²) >= 11 is 3.37. The third-order valence-corrected chi connectivity index (χ3v) is 6.01. The summed E-state index contributed by atoms with van der Waals surface area (Å²) in [7, 11) is 0. The zero-order chi connectivity index (χ0) is 30.6. The zero-order valence-electron chi connectivity index (χ0n) is 22.0. The van der Waals surface area contributed by atoms with Crippen molar-refractivity contribution in [2.24, 2.45) is 17.8 Å². The standard InChI is InChI=1S/3C5H8O4.2C4H9.2Sn/c3*1-2-3(4(6)7)5(8)9;2*1-3-4-2;;/h3*3H,2H2,1H3,(H,6,7)(H,8,9);2*1,3-4H2,2H3;;/q;;;;;2*+3/p-6. The molecule has 0 aromatic carbocycles. The molecule has 0 saturated heterocycles. The first-order chi connectivity index (χ1) is 17.1. The summed E-state index contributed by atoms with van der Waals surface area (Å²) in [6.07, 6.45) is 5.60. The fourth-order valence-electron chi connectivity index (χ4n) is 1.64. The van der Waals surface area contributed by atoms with Gasteiger partial charge in [0, 0.05) is 17.8 Å². The number of rotatable bonds is 13. The van der Waals surface area contributed by atoms with Gasteiger partial charge in [-0.1, -0.05) is 20.8 Å². The molecule has 0 unspecified atom stereocenters. The number of unbranched alkanes of at least 4 members (excludes halogenated alkanes) is 2. The van der Waals surface area contributed by atoms with Crippen LogP contribution in [0, 0.1) is 17.8 Å². The summed E-state index contributed by atoms with van der Waals surface area (Å²) in [5.41, 5.74) is 0. The van der Waals surface area contributed by atoms with E-state index in [-0.39, 0.29) is 19.3 Å². The Morgan fingerprint density at radius 1 is 0.459 bits per heavy atom. The van der Waals surface area contributed by atoms with Crippen molar-refractivity contribution in [2.45, 2.75) is 88.4 Å². The molecule has 0 aliphatic carbocycles. The molecule has 37 heavy (non-hydrogen) atoms. The number of carboxylic acid groups (broad SMARTS) is 6. The quantitative estimate of drug-likeness (QED) is 0.128. The van der Waals surface area contributed by atoms with Gasteiger partial charge in [-0.3, -0.25) is 0 Å². The maximum atomic E-state index is 9.84. The molecule has 12 nitrogen and oxygen atoms in total. The minimum atomic E-state index is -1.59. The molecule has 0 aliphatic rings. The first-order valence-electron chi connectivity index (χ1n) is 11.6. The van der Waals surface area contributed by atoms with Gasteiger partial charge >= 0.3 is 93.5 Å². The molecular formula is C23H36O12Sn2. The van der Waals surface area contributed by atoms with Crippen molar-refractivity contribution in [1.29, 1.82) is 0 Å². The van der Waals surface area contributed by atoms with Gasteiger partial charge in [0.15, 0.2) is 0 Å². The molecule has 0 aromatic heterocycles. The number of carboxylic acids is 6. The summed E-state index contributed by atoms with van der Waals surface area (Å²) in [4.78, 5) is 59.0. The second kappa shape index (κ2) is 32.4. The Labute approximate surface area is 245 Å². The number of aliphatic carboxylic acids is 6. The van der Waals surface area contributed by atoms with Crippen molar-refractivity contribution in [2.75, 3.05) is 0 Å². The van der Waals surface area contributed by atoms with E-state index in [9.17, 15) is 59.4 Å². The Bertz CT molecular complexity index is 513. The molecule has 0 aromatic rings. The fraction of sp³-hybridized carbons (Fsp3) is 0.739. The van der Waals surface area contributed by atoms with Gasteiger partial charge in [-0.25, -0.2) is 0 Å². The van der Waals surface area contributed by atoms with Crippen molar-refractivity contribution < 1.29 is 59.4 Å². The van der Waals surface area contributed by atoms with Crippen LogP contribution >= 0.6 is 0 Å². The molecule has 0 N–H and O–H groups in total. The van der Waals surface area contributed by atoms with Gasteiger partial charge in [0.2, 0.25) is 0 Å². The molecule has 0 atom stereocenters. The molecule has 0 rings (SSSR count). The zero-order valence-corrected chi connectivity index (χ0v) is 27.7. The van der Waals surface area contributed by atoms with E-state index in [0.717, 1.165) is 0 Å². The van der Waals surface area contributed by atoms with E-state index in [4.69, 9.17) is 0 Å².